The normalized spacial score (nSPS) is 14.2. The van der Waals surface area contributed by atoms with Crippen molar-refractivity contribution in [1.29, 1.82) is 0 Å². The number of rotatable bonds is 8. The van der Waals surface area contributed by atoms with Gasteiger partial charge in [-0.25, -0.2) is 13.6 Å². The lowest BCUT2D eigenvalue weighted by molar-refractivity contribution is -0.110. The zero-order valence-electron chi connectivity index (χ0n) is 18.5. The minimum atomic E-state index is -4.01. The lowest BCUT2D eigenvalue weighted by Gasteiger charge is -2.17. The van der Waals surface area contributed by atoms with Gasteiger partial charge >= 0.3 is 0 Å². The number of carbonyl (C=O) groups is 1. The molecular weight excluding hydrogens is 434 g/mol. The summed E-state index contributed by atoms with van der Waals surface area (Å²) in [5, 5.41) is 11.9. The van der Waals surface area contributed by atoms with Crippen LogP contribution in [0.3, 0.4) is 0 Å². The number of sulfonamides is 1. The Balaban J connectivity index is 1.85. The molecule has 3 aromatic carbocycles. The fourth-order valence-electron chi connectivity index (χ4n) is 3.99. The van der Waals surface area contributed by atoms with Gasteiger partial charge in [-0.1, -0.05) is 61.9 Å². The Kier molecular flexibility index (Phi) is 6.62. The molecule has 0 spiro atoms. The molecule has 4 rings (SSSR count). The molecule has 1 heterocycles. The molecule has 3 aromatic rings. The number of para-hydroxylation sites is 1. The average Bonchev–Trinajstić information content (AvgIpc) is 3.10. The number of anilines is 2. The highest BCUT2D eigenvalue weighted by Crippen LogP contribution is 2.35. The van der Waals surface area contributed by atoms with Crippen LogP contribution in [0.15, 0.2) is 71.6 Å². The van der Waals surface area contributed by atoms with E-state index in [2.05, 4.69) is 17.6 Å². The number of carbonyl (C=O) groups excluding carboxylic acids is 1. The van der Waals surface area contributed by atoms with Crippen LogP contribution in [-0.2, 0) is 21.2 Å². The van der Waals surface area contributed by atoms with Gasteiger partial charge < -0.3 is 10.6 Å². The molecule has 170 valence electrons. The van der Waals surface area contributed by atoms with Crippen LogP contribution in [0.25, 0.3) is 11.6 Å². The van der Waals surface area contributed by atoms with Crippen molar-refractivity contribution in [3.8, 4) is 0 Å². The fourth-order valence-corrected chi connectivity index (χ4v) is 4.82. The second-order valence-corrected chi connectivity index (χ2v) is 9.62. The molecule has 0 saturated heterocycles. The minimum absolute atomic E-state index is 0.0615. The number of nitrogens with one attached hydrogen (secondary N) is 2. The van der Waals surface area contributed by atoms with Gasteiger partial charge in [0.2, 0.25) is 10.0 Å². The number of primary sulfonamides is 1. The van der Waals surface area contributed by atoms with Crippen LogP contribution in [0, 0.1) is 0 Å². The monoisotopic (exact) mass is 461 g/mol. The molecule has 0 saturated carbocycles. The van der Waals surface area contributed by atoms with Gasteiger partial charge in [0.1, 0.15) is 0 Å². The number of nitrogens with two attached hydrogens (primary N) is 1. The summed E-state index contributed by atoms with van der Waals surface area (Å²) in [5.74, 6) is -0.220. The largest absolute Gasteiger partial charge is 0.385 e. The van der Waals surface area contributed by atoms with E-state index in [9.17, 15) is 13.2 Å². The number of fused-ring (bicyclic) bond motifs is 1. The lowest BCUT2D eigenvalue weighted by Crippen LogP contribution is -2.17. The highest BCUT2D eigenvalue weighted by Gasteiger charge is 2.25. The van der Waals surface area contributed by atoms with E-state index in [1.165, 1.54) is 0 Å². The maximum absolute atomic E-state index is 12.6. The van der Waals surface area contributed by atoms with Crippen molar-refractivity contribution in [3.05, 3.63) is 89.0 Å². The van der Waals surface area contributed by atoms with Crippen molar-refractivity contribution in [2.24, 2.45) is 5.14 Å². The van der Waals surface area contributed by atoms with Crippen molar-refractivity contribution < 1.29 is 13.2 Å². The van der Waals surface area contributed by atoms with Gasteiger partial charge in [-0.2, -0.15) is 0 Å². The molecule has 0 fully saturated rings. The molecule has 6 nitrogen and oxygen atoms in total. The van der Waals surface area contributed by atoms with Crippen LogP contribution in [-0.4, -0.2) is 20.9 Å². The molecule has 0 unspecified atom stereocenters. The third-order valence-electron chi connectivity index (χ3n) is 5.63. The SMILES string of the molecule is CCCCNc1cc(/C=C2\C(=O)Nc3ccccc32)cc(S(N)(=O)=O)c1Cc1ccccc1. The Morgan fingerprint density at radius 2 is 1.76 bits per heavy atom. The van der Waals surface area contributed by atoms with Gasteiger partial charge in [0.15, 0.2) is 0 Å². The molecule has 1 aliphatic rings. The van der Waals surface area contributed by atoms with Gasteiger partial charge in [0.25, 0.3) is 5.91 Å². The van der Waals surface area contributed by atoms with Gasteiger partial charge in [0, 0.05) is 35.5 Å². The van der Waals surface area contributed by atoms with E-state index >= 15 is 0 Å². The van der Waals surface area contributed by atoms with E-state index in [0.717, 1.165) is 29.7 Å². The van der Waals surface area contributed by atoms with E-state index < -0.39 is 10.0 Å². The topological polar surface area (TPSA) is 101 Å². The van der Waals surface area contributed by atoms with Gasteiger partial charge in [0.05, 0.1) is 4.90 Å². The van der Waals surface area contributed by atoms with Crippen LogP contribution < -0.4 is 15.8 Å². The highest BCUT2D eigenvalue weighted by atomic mass is 32.2. The van der Waals surface area contributed by atoms with E-state index in [1.807, 2.05) is 60.7 Å². The van der Waals surface area contributed by atoms with E-state index in [4.69, 9.17) is 5.14 Å². The maximum Gasteiger partial charge on any atom is 0.256 e. The summed E-state index contributed by atoms with van der Waals surface area (Å²) in [6, 6.07) is 20.5. The molecule has 0 aromatic heterocycles. The van der Waals surface area contributed by atoms with Crippen molar-refractivity contribution in [2.45, 2.75) is 31.1 Å². The first-order valence-electron chi connectivity index (χ1n) is 11.0. The Hall–Kier alpha value is -3.42. The Labute approximate surface area is 194 Å². The second-order valence-electron chi connectivity index (χ2n) is 8.09. The van der Waals surface area contributed by atoms with Crippen LogP contribution in [0.4, 0.5) is 11.4 Å². The molecule has 7 heteroatoms. The van der Waals surface area contributed by atoms with Crippen LogP contribution in [0.1, 0.15) is 42.0 Å². The van der Waals surface area contributed by atoms with Crippen LogP contribution >= 0.6 is 0 Å². The molecule has 1 amide bonds. The molecule has 1 aliphatic heterocycles. The Morgan fingerprint density at radius 1 is 1.03 bits per heavy atom. The molecule has 0 aliphatic carbocycles. The predicted octanol–water partition coefficient (Wildman–Crippen LogP) is 4.63. The van der Waals surface area contributed by atoms with Gasteiger partial charge in [-0.3, -0.25) is 4.79 Å². The Morgan fingerprint density at radius 3 is 2.48 bits per heavy atom. The van der Waals surface area contributed by atoms with Gasteiger partial charge in [-0.15, -0.1) is 0 Å². The number of benzene rings is 3. The summed E-state index contributed by atoms with van der Waals surface area (Å²) in [6.07, 6.45) is 4.08. The Bertz CT molecular complexity index is 1320. The van der Waals surface area contributed by atoms with Crippen molar-refractivity contribution in [1.82, 2.24) is 0 Å². The lowest BCUT2D eigenvalue weighted by atomic mass is 9.98. The zero-order valence-corrected chi connectivity index (χ0v) is 19.3. The summed E-state index contributed by atoms with van der Waals surface area (Å²) in [7, 11) is -4.01. The molecule has 0 atom stereocenters. The van der Waals surface area contributed by atoms with Crippen molar-refractivity contribution >= 4 is 39.0 Å². The minimum Gasteiger partial charge on any atom is -0.385 e. The smallest absolute Gasteiger partial charge is 0.256 e. The number of unbranched alkanes of at least 4 members (excludes halogenated alkanes) is 1. The second kappa shape index (κ2) is 9.60. The van der Waals surface area contributed by atoms with Crippen molar-refractivity contribution in [2.75, 3.05) is 17.2 Å². The number of hydrogen-bond donors (Lipinski definition) is 3. The van der Waals surface area contributed by atoms with E-state index in [0.29, 0.717) is 35.4 Å². The summed E-state index contributed by atoms with van der Waals surface area (Å²) in [5.41, 5.74) is 4.92. The van der Waals surface area contributed by atoms with E-state index in [-0.39, 0.29) is 10.8 Å². The van der Waals surface area contributed by atoms with Crippen molar-refractivity contribution in [3.63, 3.8) is 0 Å². The average molecular weight is 462 g/mol. The standard InChI is InChI=1S/C26H27N3O3S/c1-2-3-13-28-24-16-19(15-21-20-11-7-8-12-23(20)29-26(21)30)17-25(33(27,31)32)22(24)14-18-9-5-4-6-10-18/h4-12,15-17,28H,2-3,13-14H2,1H3,(H,29,30)(H2,27,31,32)/b21-15-. The van der Waals surface area contributed by atoms with Crippen LogP contribution in [0.2, 0.25) is 0 Å². The summed E-state index contributed by atoms with van der Waals surface area (Å²) in [4.78, 5) is 12.6. The summed E-state index contributed by atoms with van der Waals surface area (Å²) >= 11 is 0. The maximum atomic E-state index is 12.6. The first kappa shape index (κ1) is 22.8. The third-order valence-corrected chi connectivity index (χ3v) is 6.61. The molecule has 4 N–H and O–H groups in total. The predicted molar refractivity (Wildman–Crippen MR) is 133 cm³/mol. The number of hydrogen-bond acceptors (Lipinski definition) is 4. The first-order chi connectivity index (χ1) is 15.9. The zero-order chi connectivity index (χ0) is 23.4. The first-order valence-corrected chi connectivity index (χ1v) is 12.5. The van der Waals surface area contributed by atoms with Gasteiger partial charge in [-0.05, 0) is 47.4 Å². The third kappa shape index (κ3) is 5.16. The quantitative estimate of drug-likeness (QED) is 0.336. The summed E-state index contributed by atoms with van der Waals surface area (Å²) < 4.78 is 25.3. The number of amides is 1. The molecule has 0 radical (unpaired) electrons. The molecule has 33 heavy (non-hydrogen) atoms. The van der Waals surface area contributed by atoms with E-state index in [1.54, 1.807) is 12.1 Å². The molecule has 0 bridgehead atoms. The fraction of sp³-hybridized carbons (Fsp3) is 0.192. The molecular formula is C26H27N3O3S. The summed E-state index contributed by atoms with van der Waals surface area (Å²) in [6.45, 7) is 2.80. The highest BCUT2D eigenvalue weighted by molar-refractivity contribution is 7.89. The van der Waals surface area contributed by atoms with Crippen LogP contribution in [0.5, 0.6) is 0 Å².